The van der Waals surface area contributed by atoms with E-state index in [4.69, 9.17) is 4.74 Å². The Morgan fingerprint density at radius 3 is 2.47 bits per heavy atom. The Morgan fingerprint density at radius 2 is 1.64 bits per heavy atom. The molecule has 176 valence electrons. The van der Waals surface area contributed by atoms with Crippen molar-refractivity contribution in [3.05, 3.63) is 115 Å². The predicted octanol–water partition coefficient (Wildman–Crippen LogP) is 6.24. The normalized spacial score (nSPS) is 10.7. The van der Waals surface area contributed by atoms with Crippen LogP contribution in [0.4, 0.5) is 5.69 Å². The van der Waals surface area contributed by atoms with Gasteiger partial charge in [0, 0.05) is 33.1 Å². The van der Waals surface area contributed by atoms with Crippen molar-refractivity contribution in [1.29, 1.82) is 0 Å². The van der Waals surface area contributed by atoms with Gasteiger partial charge in [-0.3, -0.25) is 9.78 Å². The van der Waals surface area contributed by atoms with Crippen LogP contribution in [0.5, 0.6) is 0 Å². The van der Waals surface area contributed by atoms with E-state index in [-0.39, 0.29) is 0 Å². The Labute approximate surface area is 212 Å². The number of aromatic nitrogens is 2. The lowest BCUT2D eigenvalue weighted by atomic mass is 10.1. The Hall–Kier alpha value is -4.49. The highest BCUT2D eigenvalue weighted by Crippen LogP contribution is 2.33. The van der Waals surface area contributed by atoms with Crippen LogP contribution in [-0.2, 0) is 9.53 Å². The number of amides is 1. The molecule has 0 bridgehead atoms. The van der Waals surface area contributed by atoms with Crippen LogP contribution in [0.3, 0.4) is 0 Å². The molecule has 0 unspecified atom stereocenters. The van der Waals surface area contributed by atoms with Crippen molar-refractivity contribution in [2.75, 3.05) is 11.9 Å². The molecule has 0 aliphatic carbocycles. The first-order valence-corrected chi connectivity index (χ1v) is 12.1. The smallest absolute Gasteiger partial charge is 0.339 e. The molecule has 2 aromatic heterocycles. The van der Waals surface area contributed by atoms with Gasteiger partial charge in [-0.05, 0) is 48.5 Å². The Kier molecular flexibility index (Phi) is 7.00. The van der Waals surface area contributed by atoms with E-state index in [0.29, 0.717) is 27.8 Å². The van der Waals surface area contributed by atoms with Crippen molar-refractivity contribution in [2.45, 2.75) is 9.79 Å². The largest absolute Gasteiger partial charge is 0.452 e. The Bertz CT molecular complexity index is 1530. The number of pyridine rings is 2. The number of ether oxygens (including phenoxy) is 1. The summed E-state index contributed by atoms with van der Waals surface area (Å²) in [4.78, 5) is 36.5. The highest BCUT2D eigenvalue weighted by molar-refractivity contribution is 7.99. The minimum atomic E-state index is -0.596. The molecule has 36 heavy (non-hydrogen) atoms. The number of nitrogens with zero attached hydrogens (tertiary/aromatic N) is 2. The van der Waals surface area contributed by atoms with Gasteiger partial charge in [0.05, 0.1) is 22.5 Å². The molecule has 0 fully saturated rings. The maximum Gasteiger partial charge on any atom is 0.339 e. The van der Waals surface area contributed by atoms with Crippen LogP contribution >= 0.6 is 11.8 Å². The fourth-order valence-corrected chi connectivity index (χ4v) is 4.60. The Morgan fingerprint density at radius 1 is 0.861 bits per heavy atom. The quantitative estimate of drug-likeness (QED) is 0.271. The second-order valence-corrected chi connectivity index (χ2v) is 8.96. The fourth-order valence-electron chi connectivity index (χ4n) is 3.68. The zero-order valence-electron chi connectivity index (χ0n) is 19.1. The number of anilines is 1. The van der Waals surface area contributed by atoms with Crippen LogP contribution in [0.1, 0.15) is 10.4 Å². The first-order chi connectivity index (χ1) is 17.7. The zero-order chi connectivity index (χ0) is 24.7. The topological polar surface area (TPSA) is 81.2 Å². The summed E-state index contributed by atoms with van der Waals surface area (Å²) in [6.45, 7) is -0.415. The van der Waals surface area contributed by atoms with Gasteiger partial charge in [-0.1, -0.05) is 60.3 Å². The maximum absolute atomic E-state index is 13.1. The molecule has 6 nitrogen and oxygen atoms in total. The Balaban J connectivity index is 1.31. The van der Waals surface area contributed by atoms with Gasteiger partial charge in [-0.15, -0.1) is 0 Å². The van der Waals surface area contributed by atoms with E-state index >= 15 is 0 Å². The molecule has 0 aliphatic heterocycles. The molecular formula is C29H21N3O3S. The third-order valence-corrected chi connectivity index (χ3v) is 6.44. The van der Waals surface area contributed by atoms with E-state index in [0.717, 1.165) is 15.4 Å². The molecule has 5 rings (SSSR count). The first kappa shape index (κ1) is 23.3. The van der Waals surface area contributed by atoms with Crippen molar-refractivity contribution in [3.63, 3.8) is 0 Å². The van der Waals surface area contributed by atoms with Gasteiger partial charge in [0.25, 0.3) is 5.91 Å². The second-order valence-electron chi connectivity index (χ2n) is 7.85. The number of rotatable bonds is 7. The van der Waals surface area contributed by atoms with Crippen LogP contribution in [0.15, 0.2) is 119 Å². The minimum Gasteiger partial charge on any atom is -0.452 e. The van der Waals surface area contributed by atoms with E-state index < -0.39 is 18.5 Å². The van der Waals surface area contributed by atoms with Crippen molar-refractivity contribution >= 4 is 40.2 Å². The number of fused-ring (bicyclic) bond motifs is 1. The van der Waals surface area contributed by atoms with Crippen LogP contribution in [-0.4, -0.2) is 28.5 Å². The van der Waals surface area contributed by atoms with Gasteiger partial charge in [0.1, 0.15) is 0 Å². The number of para-hydroxylation sites is 2. The molecule has 0 saturated carbocycles. The summed E-state index contributed by atoms with van der Waals surface area (Å²) >= 11 is 1.54. The van der Waals surface area contributed by atoms with Gasteiger partial charge < -0.3 is 10.1 Å². The number of carbonyl (C=O) groups is 2. The molecule has 0 spiro atoms. The van der Waals surface area contributed by atoms with Crippen molar-refractivity contribution < 1.29 is 14.3 Å². The monoisotopic (exact) mass is 491 g/mol. The molecule has 5 aromatic rings. The van der Waals surface area contributed by atoms with Gasteiger partial charge in [-0.25, -0.2) is 9.78 Å². The highest BCUT2D eigenvalue weighted by atomic mass is 32.2. The number of hydrogen-bond acceptors (Lipinski definition) is 6. The molecule has 0 atom stereocenters. The molecular weight excluding hydrogens is 470 g/mol. The molecule has 3 aromatic carbocycles. The molecule has 2 heterocycles. The molecule has 7 heteroatoms. The van der Waals surface area contributed by atoms with Crippen molar-refractivity contribution in [2.24, 2.45) is 0 Å². The molecule has 0 radical (unpaired) electrons. The SMILES string of the molecule is O=C(COC(=O)c1cc(-c2cccnc2)nc2ccccc12)Nc1ccccc1Sc1ccccc1. The zero-order valence-corrected chi connectivity index (χ0v) is 19.9. The number of nitrogens with one attached hydrogen (secondary N) is 1. The molecule has 1 N–H and O–H groups in total. The third kappa shape index (κ3) is 5.42. The van der Waals surface area contributed by atoms with E-state index in [9.17, 15) is 9.59 Å². The first-order valence-electron chi connectivity index (χ1n) is 11.3. The van der Waals surface area contributed by atoms with Crippen LogP contribution in [0.2, 0.25) is 0 Å². The van der Waals surface area contributed by atoms with Gasteiger partial charge >= 0.3 is 5.97 Å². The van der Waals surface area contributed by atoms with Crippen molar-refractivity contribution in [3.8, 4) is 11.3 Å². The lowest BCUT2D eigenvalue weighted by molar-refractivity contribution is -0.119. The van der Waals surface area contributed by atoms with E-state index in [1.807, 2.05) is 91.0 Å². The van der Waals surface area contributed by atoms with E-state index in [1.165, 1.54) is 0 Å². The van der Waals surface area contributed by atoms with E-state index in [2.05, 4.69) is 15.3 Å². The molecule has 0 aliphatic rings. The summed E-state index contributed by atoms with van der Waals surface area (Å²) in [7, 11) is 0. The summed E-state index contributed by atoms with van der Waals surface area (Å²) in [5, 5.41) is 3.51. The summed E-state index contributed by atoms with van der Waals surface area (Å²) in [6, 6.07) is 30.1. The lowest BCUT2D eigenvalue weighted by Crippen LogP contribution is -2.21. The summed E-state index contributed by atoms with van der Waals surface area (Å²) in [6.07, 6.45) is 3.36. The average Bonchev–Trinajstić information content (AvgIpc) is 2.93. The van der Waals surface area contributed by atoms with Gasteiger partial charge in [0.15, 0.2) is 6.61 Å². The average molecular weight is 492 g/mol. The standard InChI is InChI=1S/C29H21N3O3S/c33-28(32-25-14-6-7-15-27(25)36-21-10-2-1-3-11-21)19-35-29(34)23-17-26(20-9-8-16-30-18-20)31-24-13-5-4-12-22(23)24/h1-18H,19H2,(H,32,33). The number of esters is 1. The van der Waals surface area contributed by atoms with Crippen LogP contribution in [0, 0.1) is 0 Å². The second kappa shape index (κ2) is 10.8. The third-order valence-electron chi connectivity index (χ3n) is 5.36. The van der Waals surface area contributed by atoms with Crippen LogP contribution in [0.25, 0.3) is 22.2 Å². The summed E-state index contributed by atoms with van der Waals surface area (Å²) in [5.74, 6) is -1.02. The lowest BCUT2D eigenvalue weighted by Gasteiger charge is -2.12. The number of carbonyl (C=O) groups excluding carboxylic acids is 2. The minimum absolute atomic E-state index is 0.340. The van der Waals surface area contributed by atoms with Gasteiger partial charge in [0.2, 0.25) is 0 Å². The summed E-state index contributed by atoms with van der Waals surface area (Å²) < 4.78 is 5.42. The number of benzene rings is 3. The van der Waals surface area contributed by atoms with Crippen molar-refractivity contribution in [1.82, 2.24) is 9.97 Å². The van der Waals surface area contributed by atoms with Gasteiger partial charge in [-0.2, -0.15) is 0 Å². The predicted molar refractivity (Wildman–Crippen MR) is 141 cm³/mol. The summed E-state index contributed by atoms with van der Waals surface area (Å²) in [5.41, 5.74) is 3.03. The number of hydrogen-bond donors (Lipinski definition) is 1. The van der Waals surface area contributed by atoms with E-state index in [1.54, 1.807) is 30.2 Å². The molecule has 0 saturated heterocycles. The molecule has 1 amide bonds. The fraction of sp³-hybridized carbons (Fsp3) is 0.0345. The van der Waals surface area contributed by atoms with Crippen LogP contribution < -0.4 is 5.32 Å². The highest BCUT2D eigenvalue weighted by Gasteiger charge is 2.17. The maximum atomic E-state index is 13.1.